The van der Waals surface area contributed by atoms with E-state index in [9.17, 15) is 27.2 Å². The summed E-state index contributed by atoms with van der Waals surface area (Å²) in [6.45, 7) is 2.95. The third-order valence-electron chi connectivity index (χ3n) is 4.02. The first-order chi connectivity index (χ1) is 13.3. The molecule has 0 amide bonds. The molecule has 2 atom stereocenters. The lowest BCUT2D eigenvalue weighted by molar-refractivity contribution is -0.153. The quantitative estimate of drug-likeness (QED) is 0.517. The van der Waals surface area contributed by atoms with Gasteiger partial charge in [-0.2, -0.15) is 0 Å². The van der Waals surface area contributed by atoms with Crippen LogP contribution in [-0.2, 0) is 19.1 Å². The van der Waals surface area contributed by atoms with E-state index < -0.39 is 47.0 Å². The van der Waals surface area contributed by atoms with E-state index >= 15 is 0 Å². The van der Waals surface area contributed by atoms with E-state index in [4.69, 9.17) is 9.47 Å². The van der Waals surface area contributed by atoms with Gasteiger partial charge in [0, 0.05) is 0 Å². The number of halogens is 4. The first-order valence-corrected chi connectivity index (χ1v) is 8.53. The molecule has 0 N–H and O–H groups in total. The highest BCUT2D eigenvalue weighted by atomic mass is 19.2. The zero-order chi connectivity index (χ0) is 20.8. The molecule has 28 heavy (non-hydrogen) atoms. The smallest absolute Gasteiger partial charge is 0.314 e. The van der Waals surface area contributed by atoms with Crippen LogP contribution in [0, 0.1) is 23.3 Å². The molecule has 0 aliphatic carbocycles. The molecule has 2 rings (SSSR count). The maximum atomic E-state index is 13.8. The van der Waals surface area contributed by atoms with Crippen molar-refractivity contribution >= 4 is 11.9 Å². The summed E-state index contributed by atoms with van der Waals surface area (Å²) in [5.74, 6) is -9.52. The number of hydrogen-bond donors (Lipinski definition) is 0. The number of carbonyl (C=O) groups excluding carboxylic acids is 2. The van der Waals surface area contributed by atoms with Crippen molar-refractivity contribution in [1.82, 2.24) is 0 Å². The van der Waals surface area contributed by atoms with Crippen molar-refractivity contribution < 1.29 is 36.6 Å². The van der Waals surface area contributed by atoms with Crippen LogP contribution in [0.2, 0.25) is 0 Å². The van der Waals surface area contributed by atoms with Gasteiger partial charge in [0.1, 0.15) is 0 Å². The molecule has 8 heteroatoms. The Hall–Kier alpha value is -2.90. The molecular weight excluding hydrogens is 380 g/mol. The second kappa shape index (κ2) is 9.34. The fourth-order valence-corrected chi connectivity index (χ4v) is 2.80. The molecule has 2 aromatic carbocycles. The molecule has 0 bridgehead atoms. The Morgan fingerprint density at radius 1 is 0.714 bits per heavy atom. The van der Waals surface area contributed by atoms with E-state index in [1.54, 1.807) is 0 Å². The summed E-state index contributed by atoms with van der Waals surface area (Å²) in [6.07, 6.45) is 0. The van der Waals surface area contributed by atoms with Crippen molar-refractivity contribution in [3.05, 3.63) is 70.8 Å². The van der Waals surface area contributed by atoms with Gasteiger partial charge in [-0.25, -0.2) is 17.6 Å². The Morgan fingerprint density at radius 2 is 1.07 bits per heavy atom. The van der Waals surface area contributed by atoms with Crippen LogP contribution in [0.5, 0.6) is 0 Å². The predicted molar refractivity (Wildman–Crippen MR) is 91.5 cm³/mol. The van der Waals surface area contributed by atoms with Crippen molar-refractivity contribution in [3.63, 3.8) is 0 Å². The van der Waals surface area contributed by atoms with Gasteiger partial charge in [-0.05, 0) is 49.2 Å². The third kappa shape index (κ3) is 4.68. The molecule has 0 aliphatic heterocycles. The van der Waals surface area contributed by atoms with Crippen LogP contribution in [0.1, 0.15) is 36.8 Å². The topological polar surface area (TPSA) is 52.6 Å². The lowest BCUT2D eigenvalue weighted by atomic mass is 9.81. The van der Waals surface area contributed by atoms with E-state index in [1.165, 1.54) is 13.8 Å². The summed E-state index contributed by atoms with van der Waals surface area (Å²) in [6, 6.07) is 5.33. The van der Waals surface area contributed by atoms with E-state index in [0.29, 0.717) is 0 Å². The van der Waals surface area contributed by atoms with Crippen LogP contribution >= 0.6 is 0 Å². The largest absolute Gasteiger partial charge is 0.465 e. The molecule has 0 spiro atoms. The highest BCUT2D eigenvalue weighted by molar-refractivity contribution is 5.90. The number of ether oxygens (including phenoxy) is 2. The van der Waals surface area contributed by atoms with Crippen molar-refractivity contribution in [1.29, 1.82) is 0 Å². The fraction of sp³-hybridized carbons (Fsp3) is 0.300. The van der Waals surface area contributed by atoms with E-state index in [1.807, 2.05) is 0 Å². The second-order valence-electron chi connectivity index (χ2n) is 5.81. The molecule has 0 aliphatic rings. The average Bonchev–Trinajstić information content (AvgIpc) is 2.65. The zero-order valence-electron chi connectivity index (χ0n) is 15.2. The molecule has 0 aromatic heterocycles. The van der Waals surface area contributed by atoms with Gasteiger partial charge in [0.25, 0.3) is 0 Å². The fourth-order valence-electron chi connectivity index (χ4n) is 2.80. The molecule has 0 saturated heterocycles. The van der Waals surface area contributed by atoms with Gasteiger partial charge >= 0.3 is 11.9 Å². The van der Waals surface area contributed by atoms with Crippen LogP contribution in [-0.4, -0.2) is 25.2 Å². The van der Waals surface area contributed by atoms with Gasteiger partial charge in [-0.15, -0.1) is 0 Å². The summed E-state index contributed by atoms with van der Waals surface area (Å²) in [7, 11) is 0. The normalized spacial score (nSPS) is 12.9. The minimum absolute atomic E-state index is 0.0493. The minimum Gasteiger partial charge on any atom is -0.465 e. The van der Waals surface area contributed by atoms with Gasteiger partial charge in [0.2, 0.25) is 0 Å². The van der Waals surface area contributed by atoms with Crippen molar-refractivity contribution in [2.45, 2.75) is 25.7 Å². The lowest BCUT2D eigenvalue weighted by Gasteiger charge is -2.25. The molecule has 0 fully saturated rings. The Morgan fingerprint density at radius 3 is 1.36 bits per heavy atom. The maximum absolute atomic E-state index is 13.8. The van der Waals surface area contributed by atoms with Crippen molar-refractivity contribution in [3.8, 4) is 0 Å². The maximum Gasteiger partial charge on any atom is 0.314 e. The Labute approximate surface area is 159 Å². The summed E-state index contributed by atoms with van der Waals surface area (Å²) in [5.41, 5.74) is -0.139. The molecule has 2 aromatic rings. The number of rotatable bonds is 7. The monoisotopic (exact) mass is 398 g/mol. The van der Waals surface area contributed by atoms with Crippen LogP contribution in [0.3, 0.4) is 0 Å². The molecule has 150 valence electrons. The molecule has 0 saturated carbocycles. The van der Waals surface area contributed by atoms with Crippen LogP contribution < -0.4 is 0 Å². The number of esters is 2. The van der Waals surface area contributed by atoms with E-state index in [0.717, 1.165) is 36.4 Å². The van der Waals surface area contributed by atoms with Crippen LogP contribution in [0.4, 0.5) is 17.6 Å². The number of hydrogen-bond acceptors (Lipinski definition) is 4. The van der Waals surface area contributed by atoms with Gasteiger partial charge in [0.15, 0.2) is 23.3 Å². The van der Waals surface area contributed by atoms with Crippen molar-refractivity contribution in [2.75, 3.05) is 13.2 Å². The summed E-state index contributed by atoms with van der Waals surface area (Å²) in [4.78, 5) is 25.2. The highest BCUT2D eigenvalue weighted by Crippen LogP contribution is 2.36. The average molecular weight is 398 g/mol. The van der Waals surface area contributed by atoms with E-state index in [-0.39, 0.29) is 24.3 Å². The van der Waals surface area contributed by atoms with Gasteiger partial charge < -0.3 is 9.47 Å². The van der Waals surface area contributed by atoms with Gasteiger partial charge in [-0.1, -0.05) is 12.1 Å². The first kappa shape index (κ1) is 21.4. The highest BCUT2D eigenvalue weighted by Gasteiger charge is 2.39. The standard InChI is InChI=1S/C20H18F4O4/c1-3-27-19(25)17(11-5-7-13(21)15(23)9-11)18(20(26)28-4-2)12-6-8-14(22)16(24)10-12/h5-10,17-18H,3-4H2,1-2H3. The molecular formula is C20H18F4O4. The third-order valence-corrected chi connectivity index (χ3v) is 4.02. The Balaban J connectivity index is 2.65. The molecule has 0 radical (unpaired) electrons. The van der Waals surface area contributed by atoms with Crippen molar-refractivity contribution in [2.24, 2.45) is 0 Å². The molecule has 0 heterocycles. The first-order valence-electron chi connectivity index (χ1n) is 8.53. The number of benzene rings is 2. The van der Waals surface area contributed by atoms with Crippen LogP contribution in [0.15, 0.2) is 36.4 Å². The lowest BCUT2D eigenvalue weighted by Crippen LogP contribution is -2.30. The predicted octanol–water partition coefficient (Wildman–Crippen LogP) is 4.24. The second-order valence-corrected chi connectivity index (χ2v) is 5.81. The van der Waals surface area contributed by atoms with Crippen LogP contribution in [0.25, 0.3) is 0 Å². The number of carbonyl (C=O) groups is 2. The summed E-state index contributed by atoms with van der Waals surface area (Å²) in [5, 5.41) is 0. The zero-order valence-corrected chi connectivity index (χ0v) is 15.2. The SMILES string of the molecule is CCOC(=O)C(c1ccc(F)c(F)c1)C(C(=O)OCC)c1ccc(F)c(F)c1. The van der Waals surface area contributed by atoms with Gasteiger partial charge in [-0.3, -0.25) is 9.59 Å². The molecule has 2 unspecified atom stereocenters. The Kier molecular flexibility index (Phi) is 7.14. The summed E-state index contributed by atoms with van der Waals surface area (Å²) >= 11 is 0. The summed E-state index contributed by atoms with van der Waals surface area (Å²) < 4.78 is 64.2. The minimum atomic E-state index is -1.46. The van der Waals surface area contributed by atoms with Gasteiger partial charge in [0.05, 0.1) is 25.0 Å². The molecule has 4 nitrogen and oxygen atoms in total. The Bertz CT molecular complexity index is 798. The van der Waals surface area contributed by atoms with E-state index in [2.05, 4.69) is 0 Å².